The van der Waals surface area contributed by atoms with Crippen LogP contribution in [0.15, 0.2) is 47.4 Å². The molecule has 0 spiro atoms. The fourth-order valence-electron chi connectivity index (χ4n) is 1.75. The first-order valence-electron chi connectivity index (χ1n) is 5.83. The number of ether oxygens (including phenoxy) is 1. The first-order chi connectivity index (χ1) is 9.11. The highest BCUT2D eigenvalue weighted by Gasteiger charge is 2.10. The number of benzene rings is 2. The normalized spacial score (nSPS) is 10.2. The topological polar surface area (TPSA) is 35.2 Å². The predicted octanol–water partition coefficient (Wildman–Crippen LogP) is 4.14. The zero-order valence-electron chi connectivity index (χ0n) is 10.8. The number of para-hydroxylation sites is 1. The summed E-state index contributed by atoms with van der Waals surface area (Å²) in [6, 6.07) is 13.7. The van der Waals surface area contributed by atoms with Crippen LogP contribution in [0.25, 0.3) is 0 Å². The largest absolute Gasteiger partial charge is 0.455 e. The van der Waals surface area contributed by atoms with Crippen molar-refractivity contribution in [3.05, 3.63) is 53.6 Å². The van der Waals surface area contributed by atoms with Gasteiger partial charge in [0.25, 0.3) is 0 Å². The molecule has 2 nitrogen and oxygen atoms in total. The van der Waals surface area contributed by atoms with Crippen molar-refractivity contribution in [2.75, 3.05) is 6.26 Å². The molecule has 0 heterocycles. The van der Waals surface area contributed by atoms with Gasteiger partial charge in [-0.15, -0.1) is 11.8 Å². The van der Waals surface area contributed by atoms with Crippen LogP contribution in [0, 0.1) is 6.92 Å². The Bertz CT molecular complexity index is 611. The SMILES string of the molecule is CSc1ccccc1Oc1ccc(C)cc1C(N)=S. The predicted molar refractivity (Wildman–Crippen MR) is 85.4 cm³/mol. The Morgan fingerprint density at radius 2 is 1.89 bits per heavy atom. The molecule has 0 aliphatic rings. The van der Waals surface area contributed by atoms with Crippen LogP contribution in [-0.2, 0) is 0 Å². The van der Waals surface area contributed by atoms with E-state index in [1.165, 1.54) is 0 Å². The van der Waals surface area contributed by atoms with Gasteiger partial charge in [0.2, 0.25) is 0 Å². The van der Waals surface area contributed by atoms with Gasteiger partial charge in [-0.1, -0.05) is 36.0 Å². The van der Waals surface area contributed by atoms with Crippen LogP contribution in [-0.4, -0.2) is 11.2 Å². The van der Waals surface area contributed by atoms with Gasteiger partial charge in [0.05, 0.1) is 5.56 Å². The number of aryl methyl sites for hydroxylation is 1. The molecule has 2 aromatic rings. The minimum absolute atomic E-state index is 0.348. The van der Waals surface area contributed by atoms with Crippen molar-refractivity contribution < 1.29 is 4.74 Å². The molecule has 0 aliphatic carbocycles. The van der Waals surface area contributed by atoms with E-state index in [1.807, 2.05) is 55.6 Å². The summed E-state index contributed by atoms with van der Waals surface area (Å²) in [6.07, 6.45) is 2.02. The van der Waals surface area contributed by atoms with E-state index in [1.54, 1.807) is 11.8 Å². The van der Waals surface area contributed by atoms with Crippen molar-refractivity contribution >= 4 is 29.0 Å². The maximum absolute atomic E-state index is 5.96. The van der Waals surface area contributed by atoms with E-state index in [4.69, 9.17) is 22.7 Å². The molecule has 0 saturated carbocycles. The lowest BCUT2D eigenvalue weighted by Crippen LogP contribution is -2.11. The van der Waals surface area contributed by atoms with E-state index in [-0.39, 0.29) is 0 Å². The van der Waals surface area contributed by atoms with Crippen LogP contribution in [0.3, 0.4) is 0 Å². The zero-order valence-corrected chi connectivity index (χ0v) is 12.5. The molecule has 2 N–H and O–H groups in total. The second kappa shape index (κ2) is 6.08. The third-order valence-electron chi connectivity index (χ3n) is 2.69. The molecule has 0 radical (unpaired) electrons. The summed E-state index contributed by atoms with van der Waals surface area (Å²) in [5.74, 6) is 1.51. The fraction of sp³-hybridized carbons (Fsp3) is 0.133. The number of hydrogen-bond donors (Lipinski definition) is 1. The summed E-state index contributed by atoms with van der Waals surface area (Å²) in [5, 5.41) is 0. The van der Waals surface area contributed by atoms with E-state index in [0.717, 1.165) is 21.8 Å². The van der Waals surface area contributed by atoms with Crippen molar-refractivity contribution in [1.82, 2.24) is 0 Å². The summed E-state index contributed by atoms with van der Waals surface area (Å²) in [4.78, 5) is 1.43. The van der Waals surface area contributed by atoms with Crippen molar-refractivity contribution in [2.24, 2.45) is 5.73 Å². The van der Waals surface area contributed by atoms with Gasteiger partial charge in [0.1, 0.15) is 16.5 Å². The second-order valence-electron chi connectivity index (χ2n) is 4.12. The van der Waals surface area contributed by atoms with Crippen LogP contribution < -0.4 is 10.5 Å². The molecule has 0 aliphatic heterocycles. The highest BCUT2D eigenvalue weighted by atomic mass is 32.2. The Hall–Kier alpha value is -1.52. The molecule has 0 bridgehead atoms. The van der Waals surface area contributed by atoms with E-state index < -0.39 is 0 Å². The molecule has 0 fully saturated rings. The summed E-state index contributed by atoms with van der Waals surface area (Å²) < 4.78 is 5.96. The van der Waals surface area contributed by atoms with E-state index >= 15 is 0 Å². The van der Waals surface area contributed by atoms with E-state index in [2.05, 4.69) is 0 Å². The smallest absolute Gasteiger partial charge is 0.140 e. The Morgan fingerprint density at radius 1 is 1.16 bits per heavy atom. The number of nitrogens with two attached hydrogens (primary N) is 1. The van der Waals surface area contributed by atoms with Gasteiger partial charge in [-0.3, -0.25) is 0 Å². The number of thioether (sulfide) groups is 1. The Morgan fingerprint density at radius 3 is 2.58 bits per heavy atom. The van der Waals surface area contributed by atoms with Crippen molar-refractivity contribution in [3.63, 3.8) is 0 Å². The lowest BCUT2D eigenvalue weighted by atomic mass is 10.1. The summed E-state index contributed by atoms with van der Waals surface area (Å²) in [7, 11) is 0. The van der Waals surface area contributed by atoms with Crippen LogP contribution in [0.2, 0.25) is 0 Å². The maximum atomic E-state index is 5.96. The highest BCUT2D eigenvalue weighted by molar-refractivity contribution is 7.98. The molecule has 0 saturated heterocycles. The number of hydrogen-bond acceptors (Lipinski definition) is 3. The quantitative estimate of drug-likeness (QED) is 0.677. The van der Waals surface area contributed by atoms with Gasteiger partial charge in [0.15, 0.2) is 0 Å². The lowest BCUT2D eigenvalue weighted by Gasteiger charge is -2.13. The Kier molecular flexibility index (Phi) is 4.45. The molecule has 4 heteroatoms. The minimum Gasteiger partial charge on any atom is -0.455 e. The molecule has 0 amide bonds. The average molecular weight is 289 g/mol. The minimum atomic E-state index is 0.348. The van der Waals surface area contributed by atoms with Crippen molar-refractivity contribution in [2.45, 2.75) is 11.8 Å². The van der Waals surface area contributed by atoms with Gasteiger partial charge >= 0.3 is 0 Å². The molecular formula is C15H15NOS2. The Balaban J connectivity index is 2.41. The van der Waals surface area contributed by atoms with Gasteiger partial charge in [-0.2, -0.15) is 0 Å². The van der Waals surface area contributed by atoms with E-state index in [0.29, 0.717) is 10.7 Å². The molecule has 0 unspecified atom stereocenters. The fourth-order valence-corrected chi connectivity index (χ4v) is 2.43. The first kappa shape index (κ1) is 13.9. The number of rotatable bonds is 4. The lowest BCUT2D eigenvalue weighted by molar-refractivity contribution is 0.470. The van der Waals surface area contributed by atoms with Gasteiger partial charge in [0, 0.05) is 4.90 Å². The summed E-state index contributed by atoms with van der Waals surface area (Å²) in [5.41, 5.74) is 7.63. The highest BCUT2D eigenvalue weighted by Crippen LogP contribution is 2.33. The average Bonchev–Trinajstić information content (AvgIpc) is 2.41. The van der Waals surface area contributed by atoms with Crippen LogP contribution in [0.5, 0.6) is 11.5 Å². The Labute approximate surface area is 123 Å². The molecular weight excluding hydrogens is 274 g/mol. The first-order valence-corrected chi connectivity index (χ1v) is 7.46. The zero-order chi connectivity index (χ0) is 13.8. The summed E-state index contributed by atoms with van der Waals surface area (Å²) in [6.45, 7) is 2.00. The van der Waals surface area contributed by atoms with Crippen LogP contribution in [0.1, 0.15) is 11.1 Å². The molecule has 19 heavy (non-hydrogen) atoms. The summed E-state index contributed by atoms with van der Waals surface area (Å²) >= 11 is 6.72. The van der Waals surface area contributed by atoms with Gasteiger partial charge < -0.3 is 10.5 Å². The maximum Gasteiger partial charge on any atom is 0.140 e. The molecule has 2 rings (SSSR count). The molecule has 2 aromatic carbocycles. The van der Waals surface area contributed by atoms with Gasteiger partial charge in [-0.25, -0.2) is 0 Å². The van der Waals surface area contributed by atoms with Crippen LogP contribution >= 0.6 is 24.0 Å². The monoisotopic (exact) mass is 289 g/mol. The third kappa shape index (κ3) is 3.28. The molecule has 0 aromatic heterocycles. The van der Waals surface area contributed by atoms with E-state index in [9.17, 15) is 0 Å². The number of thiocarbonyl (C=S) groups is 1. The van der Waals surface area contributed by atoms with Crippen LogP contribution in [0.4, 0.5) is 0 Å². The van der Waals surface area contributed by atoms with Crippen molar-refractivity contribution in [1.29, 1.82) is 0 Å². The third-order valence-corrected chi connectivity index (χ3v) is 3.69. The molecule has 98 valence electrons. The van der Waals surface area contributed by atoms with Crippen molar-refractivity contribution in [3.8, 4) is 11.5 Å². The standard InChI is InChI=1S/C15H15NOS2/c1-10-7-8-12(11(9-10)15(16)18)17-13-5-3-4-6-14(13)19-2/h3-9H,1-2H3,(H2,16,18). The van der Waals surface area contributed by atoms with Gasteiger partial charge in [-0.05, 0) is 37.4 Å². The second-order valence-corrected chi connectivity index (χ2v) is 5.40. The molecule has 0 atom stereocenters.